The van der Waals surface area contributed by atoms with Crippen LogP contribution >= 0.6 is 23.2 Å². The van der Waals surface area contributed by atoms with Gasteiger partial charge in [0.15, 0.2) is 0 Å². The lowest BCUT2D eigenvalue weighted by atomic mass is 10.2. The molecule has 0 atom stereocenters. The molecule has 0 amide bonds. The van der Waals surface area contributed by atoms with Gasteiger partial charge in [-0.3, -0.25) is 4.57 Å². The van der Waals surface area contributed by atoms with E-state index in [1.807, 2.05) is 13.0 Å². The maximum atomic E-state index is 9.30. The van der Waals surface area contributed by atoms with E-state index in [-0.39, 0.29) is 0 Å². The molecular formula is C16H17Cl2N3O2. The number of nitriles is 1. The smallest absolute Gasteiger partial charge is 0.218 e. The van der Waals surface area contributed by atoms with Gasteiger partial charge in [0.25, 0.3) is 0 Å². The molecule has 2 rings (SSSR count). The molecule has 1 heterocycles. The Balaban J connectivity index is 2.27. The summed E-state index contributed by atoms with van der Waals surface area (Å²) in [5.41, 5.74) is 7.58. The molecule has 0 spiro atoms. The second-order valence-corrected chi connectivity index (χ2v) is 5.61. The third-order valence-corrected chi connectivity index (χ3v) is 3.79. The van der Waals surface area contributed by atoms with Crippen LogP contribution in [0.1, 0.15) is 18.2 Å². The molecule has 2 N–H and O–H groups in total. The van der Waals surface area contributed by atoms with Crippen LogP contribution in [0.3, 0.4) is 0 Å². The summed E-state index contributed by atoms with van der Waals surface area (Å²) in [4.78, 5) is 0. The predicted molar refractivity (Wildman–Crippen MR) is 91.1 cm³/mol. The monoisotopic (exact) mass is 353 g/mol. The number of nitrogens with zero attached hydrogens (tertiary/aromatic N) is 2. The molecular weight excluding hydrogens is 337 g/mol. The number of hydrogen-bond acceptors (Lipinski definition) is 4. The van der Waals surface area contributed by atoms with Crippen LogP contribution < -0.4 is 10.5 Å². The Morgan fingerprint density at radius 2 is 2.04 bits per heavy atom. The van der Waals surface area contributed by atoms with E-state index in [9.17, 15) is 5.26 Å². The minimum atomic E-state index is 0.348. The summed E-state index contributed by atoms with van der Waals surface area (Å²) < 4.78 is 12.6. The summed E-state index contributed by atoms with van der Waals surface area (Å²) in [6, 6.07) is 8.91. The highest BCUT2D eigenvalue weighted by Gasteiger charge is 2.16. The van der Waals surface area contributed by atoms with Gasteiger partial charge < -0.3 is 15.2 Å². The first-order valence-electron chi connectivity index (χ1n) is 7.10. The van der Waals surface area contributed by atoms with E-state index in [0.717, 1.165) is 5.56 Å². The lowest BCUT2D eigenvalue weighted by Crippen LogP contribution is -2.12. The first kappa shape index (κ1) is 17.5. The largest absolute Gasteiger partial charge is 0.475 e. The fourth-order valence-electron chi connectivity index (χ4n) is 2.12. The average Bonchev–Trinajstić information content (AvgIpc) is 2.82. The first-order chi connectivity index (χ1) is 11.1. The molecule has 1 aromatic heterocycles. The highest BCUT2D eigenvalue weighted by Crippen LogP contribution is 2.30. The van der Waals surface area contributed by atoms with Gasteiger partial charge in [-0.15, -0.1) is 0 Å². The quantitative estimate of drug-likeness (QED) is 0.770. The molecule has 0 saturated heterocycles. The van der Waals surface area contributed by atoms with Crippen molar-refractivity contribution in [2.75, 3.05) is 25.6 Å². The molecule has 0 fully saturated rings. The minimum absolute atomic E-state index is 0.348. The van der Waals surface area contributed by atoms with Crippen molar-refractivity contribution in [2.24, 2.45) is 0 Å². The highest BCUT2D eigenvalue weighted by molar-refractivity contribution is 6.35. The molecule has 2 aromatic rings. The van der Waals surface area contributed by atoms with Crippen molar-refractivity contribution in [3.63, 3.8) is 0 Å². The van der Waals surface area contributed by atoms with Gasteiger partial charge in [0, 0.05) is 22.7 Å². The Morgan fingerprint density at radius 3 is 2.70 bits per heavy atom. The third kappa shape index (κ3) is 4.32. The van der Waals surface area contributed by atoms with Crippen LogP contribution in [-0.4, -0.2) is 24.4 Å². The number of benzene rings is 1. The van der Waals surface area contributed by atoms with E-state index in [1.54, 1.807) is 22.8 Å². The molecule has 0 unspecified atom stereocenters. The van der Waals surface area contributed by atoms with Gasteiger partial charge in [0.1, 0.15) is 18.4 Å². The average molecular weight is 354 g/mol. The Bertz CT molecular complexity index is 723. The van der Waals surface area contributed by atoms with E-state index in [0.29, 0.717) is 53.7 Å². The Kier molecular flexibility index (Phi) is 6.17. The first-order valence-corrected chi connectivity index (χ1v) is 7.86. The van der Waals surface area contributed by atoms with E-state index < -0.39 is 0 Å². The van der Waals surface area contributed by atoms with E-state index in [4.69, 9.17) is 38.4 Å². The maximum absolute atomic E-state index is 9.30. The lowest BCUT2D eigenvalue weighted by molar-refractivity contribution is 0.107. The number of halogens is 2. The molecule has 5 nitrogen and oxygen atoms in total. The van der Waals surface area contributed by atoms with Gasteiger partial charge in [0.05, 0.1) is 18.8 Å². The SMILES string of the molecule is CCOCCOc1c(N)cc(C#N)n1Cc1ccc(Cl)cc1Cl. The molecule has 122 valence electrons. The van der Waals surface area contributed by atoms with Gasteiger partial charge in [-0.1, -0.05) is 29.3 Å². The summed E-state index contributed by atoms with van der Waals surface area (Å²) in [6.45, 7) is 3.68. The van der Waals surface area contributed by atoms with E-state index in [1.165, 1.54) is 0 Å². The second-order valence-electron chi connectivity index (χ2n) is 4.77. The molecule has 0 saturated carbocycles. The van der Waals surface area contributed by atoms with E-state index in [2.05, 4.69) is 6.07 Å². The van der Waals surface area contributed by atoms with Crippen molar-refractivity contribution in [2.45, 2.75) is 13.5 Å². The van der Waals surface area contributed by atoms with Crippen LogP contribution in [0.15, 0.2) is 24.3 Å². The zero-order chi connectivity index (χ0) is 16.8. The summed E-state index contributed by atoms with van der Waals surface area (Å²) in [7, 11) is 0. The normalized spacial score (nSPS) is 10.5. The van der Waals surface area contributed by atoms with Gasteiger partial charge >= 0.3 is 0 Å². The maximum Gasteiger partial charge on any atom is 0.218 e. The van der Waals surface area contributed by atoms with Crippen LogP contribution in [0.2, 0.25) is 10.0 Å². The van der Waals surface area contributed by atoms with Gasteiger partial charge in [0.2, 0.25) is 5.88 Å². The molecule has 0 aliphatic carbocycles. The number of ether oxygens (including phenoxy) is 2. The number of hydrogen-bond donors (Lipinski definition) is 1. The molecule has 23 heavy (non-hydrogen) atoms. The summed E-state index contributed by atoms with van der Waals surface area (Å²) >= 11 is 12.1. The topological polar surface area (TPSA) is 73.2 Å². The fourth-order valence-corrected chi connectivity index (χ4v) is 2.59. The van der Waals surface area contributed by atoms with Crippen molar-refractivity contribution < 1.29 is 9.47 Å². The van der Waals surface area contributed by atoms with Crippen LogP contribution in [0.5, 0.6) is 5.88 Å². The zero-order valence-electron chi connectivity index (χ0n) is 12.7. The Labute approximate surface area is 145 Å². The van der Waals surface area contributed by atoms with Crippen molar-refractivity contribution in [1.82, 2.24) is 4.57 Å². The third-order valence-electron chi connectivity index (χ3n) is 3.20. The number of rotatable bonds is 7. The molecule has 0 radical (unpaired) electrons. The number of anilines is 1. The number of nitrogens with two attached hydrogens (primary N) is 1. The van der Waals surface area contributed by atoms with Crippen molar-refractivity contribution >= 4 is 28.9 Å². The van der Waals surface area contributed by atoms with Gasteiger partial charge in [-0.2, -0.15) is 5.26 Å². The lowest BCUT2D eigenvalue weighted by Gasteiger charge is -2.13. The van der Waals surface area contributed by atoms with Crippen LogP contribution in [0.4, 0.5) is 5.69 Å². The van der Waals surface area contributed by atoms with Gasteiger partial charge in [-0.25, -0.2) is 0 Å². The predicted octanol–water partition coefficient (Wildman–Crippen LogP) is 3.71. The van der Waals surface area contributed by atoms with Crippen molar-refractivity contribution in [3.8, 4) is 11.9 Å². The zero-order valence-corrected chi connectivity index (χ0v) is 14.2. The summed E-state index contributed by atoms with van der Waals surface area (Å²) in [6.07, 6.45) is 0. The summed E-state index contributed by atoms with van der Waals surface area (Å²) in [5, 5.41) is 10.4. The van der Waals surface area contributed by atoms with Crippen LogP contribution in [0.25, 0.3) is 0 Å². The minimum Gasteiger partial charge on any atom is -0.475 e. The fraction of sp³-hybridized carbons (Fsp3) is 0.312. The van der Waals surface area contributed by atoms with Crippen molar-refractivity contribution in [3.05, 3.63) is 45.6 Å². The standard InChI is InChI=1S/C16H17Cl2N3O2/c1-2-22-5-6-23-16-15(20)8-13(9-19)21(16)10-11-3-4-12(17)7-14(11)18/h3-4,7-8H,2,5-6,10,20H2,1H3. The molecule has 0 aliphatic rings. The van der Waals surface area contributed by atoms with Crippen LogP contribution in [0, 0.1) is 11.3 Å². The van der Waals surface area contributed by atoms with Gasteiger partial charge in [-0.05, 0) is 24.6 Å². The molecule has 0 bridgehead atoms. The summed E-state index contributed by atoms with van der Waals surface area (Å²) in [5.74, 6) is 0.437. The number of nitrogen functional groups attached to an aromatic ring is 1. The van der Waals surface area contributed by atoms with E-state index >= 15 is 0 Å². The van der Waals surface area contributed by atoms with Crippen LogP contribution in [-0.2, 0) is 11.3 Å². The number of aromatic nitrogens is 1. The second kappa shape index (κ2) is 8.11. The molecule has 1 aromatic carbocycles. The Hall–Kier alpha value is -1.87. The molecule has 0 aliphatic heterocycles. The highest BCUT2D eigenvalue weighted by atomic mass is 35.5. The van der Waals surface area contributed by atoms with Crippen molar-refractivity contribution in [1.29, 1.82) is 5.26 Å². The Morgan fingerprint density at radius 1 is 1.26 bits per heavy atom. The molecule has 7 heteroatoms.